The first-order valence-electron chi connectivity index (χ1n) is 5.50. The van der Waals surface area contributed by atoms with Gasteiger partial charge in [-0.15, -0.1) is 0 Å². The van der Waals surface area contributed by atoms with E-state index in [2.05, 4.69) is 11.9 Å². The van der Waals surface area contributed by atoms with Crippen LogP contribution in [0.5, 0.6) is 5.88 Å². The summed E-state index contributed by atoms with van der Waals surface area (Å²) in [4.78, 5) is 14.9. The van der Waals surface area contributed by atoms with Crippen LogP contribution in [-0.4, -0.2) is 17.4 Å². The molecule has 0 N–H and O–H groups in total. The largest absolute Gasteiger partial charge is 0.478 e. The van der Waals surface area contributed by atoms with Gasteiger partial charge >= 0.3 is 0 Å². The van der Waals surface area contributed by atoms with Crippen LogP contribution in [-0.2, 0) is 4.79 Å². The third kappa shape index (κ3) is 4.73. The van der Waals surface area contributed by atoms with E-state index in [9.17, 15) is 4.79 Å². The number of ether oxygens (including phenoxy) is 1. The van der Waals surface area contributed by atoms with Crippen LogP contribution < -0.4 is 4.74 Å². The lowest BCUT2D eigenvalue weighted by molar-refractivity contribution is -0.112. The molecule has 1 aromatic heterocycles. The number of unbranched alkanes of at least 4 members (excludes halogenated alkanes) is 1. The highest BCUT2D eigenvalue weighted by Crippen LogP contribution is 2.09. The van der Waals surface area contributed by atoms with E-state index in [1.54, 1.807) is 12.3 Å². The summed E-state index contributed by atoms with van der Waals surface area (Å²) in [7, 11) is 0. The fourth-order valence-corrected chi connectivity index (χ4v) is 1.11. The monoisotopic (exact) mass is 219 g/mol. The van der Waals surface area contributed by atoms with Gasteiger partial charge in [0.15, 0.2) is 5.78 Å². The molecule has 16 heavy (non-hydrogen) atoms. The Morgan fingerprint density at radius 1 is 1.50 bits per heavy atom. The molecule has 0 bridgehead atoms. The number of pyridine rings is 1. The fourth-order valence-electron chi connectivity index (χ4n) is 1.11. The minimum atomic E-state index is 0.0308. The number of hydrogen-bond acceptors (Lipinski definition) is 3. The average molecular weight is 219 g/mol. The van der Waals surface area contributed by atoms with Gasteiger partial charge in [-0.3, -0.25) is 4.79 Å². The van der Waals surface area contributed by atoms with Crippen molar-refractivity contribution in [2.24, 2.45) is 0 Å². The summed E-state index contributed by atoms with van der Waals surface area (Å²) in [6, 6.07) is 3.70. The maximum atomic E-state index is 10.7. The van der Waals surface area contributed by atoms with Crippen molar-refractivity contribution in [3.05, 3.63) is 30.0 Å². The number of hydrogen-bond donors (Lipinski definition) is 0. The highest BCUT2D eigenvalue weighted by atomic mass is 16.5. The third-order valence-corrected chi connectivity index (χ3v) is 2.02. The summed E-state index contributed by atoms with van der Waals surface area (Å²) in [5, 5.41) is 0. The van der Waals surface area contributed by atoms with Gasteiger partial charge in [-0.2, -0.15) is 0 Å². The second-order valence-electron chi connectivity index (χ2n) is 3.58. The van der Waals surface area contributed by atoms with Crippen molar-refractivity contribution in [2.75, 3.05) is 6.61 Å². The van der Waals surface area contributed by atoms with Gasteiger partial charge in [0.1, 0.15) is 0 Å². The summed E-state index contributed by atoms with van der Waals surface area (Å²) in [6.45, 7) is 4.34. The Morgan fingerprint density at radius 2 is 2.31 bits per heavy atom. The molecule has 0 atom stereocenters. The second-order valence-corrected chi connectivity index (χ2v) is 3.58. The molecular formula is C13H17NO2. The standard InChI is InChI=1S/C13H17NO2/c1-3-4-9-16-13-8-7-12(10-14-13)6-5-11(2)15/h5-8,10H,3-4,9H2,1-2H3/b6-5+. The summed E-state index contributed by atoms with van der Waals surface area (Å²) in [5.74, 6) is 0.664. The molecule has 1 heterocycles. The zero-order valence-corrected chi connectivity index (χ0v) is 9.77. The van der Waals surface area contributed by atoms with Gasteiger partial charge in [-0.25, -0.2) is 4.98 Å². The SMILES string of the molecule is CCCCOc1ccc(/C=C/C(C)=O)cn1. The van der Waals surface area contributed by atoms with Crippen LogP contribution >= 0.6 is 0 Å². The van der Waals surface area contributed by atoms with Crippen molar-refractivity contribution in [3.63, 3.8) is 0 Å². The average Bonchev–Trinajstić information content (AvgIpc) is 2.28. The van der Waals surface area contributed by atoms with E-state index in [0.29, 0.717) is 12.5 Å². The third-order valence-electron chi connectivity index (χ3n) is 2.02. The van der Waals surface area contributed by atoms with Gasteiger partial charge < -0.3 is 4.74 Å². The number of nitrogens with zero attached hydrogens (tertiary/aromatic N) is 1. The van der Waals surface area contributed by atoms with Gasteiger partial charge in [0, 0.05) is 12.3 Å². The molecular weight excluding hydrogens is 202 g/mol. The lowest BCUT2D eigenvalue weighted by Gasteiger charge is -2.03. The molecule has 0 aliphatic rings. The first-order valence-corrected chi connectivity index (χ1v) is 5.50. The molecule has 86 valence electrons. The first kappa shape index (κ1) is 12.4. The molecule has 1 aromatic rings. The van der Waals surface area contributed by atoms with E-state index in [1.807, 2.05) is 12.1 Å². The number of ketones is 1. The number of carbonyl (C=O) groups excluding carboxylic acids is 1. The summed E-state index contributed by atoms with van der Waals surface area (Å²) in [6.07, 6.45) is 7.10. The Labute approximate surface area is 96.2 Å². The van der Waals surface area contributed by atoms with E-state index in [4.69, 9.17) is 4.74 Å². The van der Waals surface area contributed by atoms with Gasteiger partial charge in [0.05, 0.1) is 6.61 Å². The predicted molar refractivity (Wildman–Crippen MR) is 64.4 cm³/mol. The van der Waals surface area contributed by atoms with Crippen molar-refractivity contribution in [1.29, 1.82) is 0 Å². The van der Waals surface area contributed by atoms with Gasteiger partial charge in [0.2, 0.25) is 5.88 Å². The Bertz CT molecular complexity index is 355. The molecule has 0 fully saturated rings. The van der Waals surface area contributed by atoms with E-state index in [1.165, 1.54) is 13.0 Å². The minimum Gasteiger partial charge on any atom is -0.478 e. The molecule has 0 saturated carbocycles. The number of carbonyl (C=O) groups is 1. The highest BCUT2D eigenvalue weighted by molar-refractivity contribution is 5.91. The lowest BCUT2D eigenvalue weighted by Crippen LogP contribution is -1.98. The van der Waals surface area contributed by atoms with Gasteiger partial charge in [0.25, 0.3) is 0 Å². The van der Waals surface area contributed by atoms with Gasteiger partial charge in [-0.1, -0.05) is 13.3 Å². The van der Waals surface area contributed by atoms with E-state index in [0.717, 1.165) is 18.4 Å². The summed E-state index contributed by atoms with van der Waals surface area (Å²) < 4.78 is 5.42. The summed E-state index contributed by atoms with van der Waals surface area (Å²) >= 11 is 0. The quantitative estimate of drug-likeness (QED) is 0.545. The zero-order chi connectivity index (χ0) is 11.8. The molecule has 0 unspecified atom stereocenters. The smallest absolute Gasteiger partial charge is 0.213 e. The van der Waals surface area contributed by atoms with Crippen molar-refractivity contribution >= 4 is 11.9 Å². The van der Waals surface area contributed by atoms with E-state index >= 15 is 0 Å². The minimum absolute atomic E-state index is 0.0308. The molecule has 0 aliphatic heterocycles. The first-order chi connectivity index (χ1) is 7.72. The normalized spacial score (nSPS) is 10.6. The van der Waals surface area contributed by atoms with Crippen molar-refractivity contribution in [2.45, 2.75) is 26.7 Å². The van der Waals surface area contributed by atoms with Gasteiger partial charge in [-0.05, 0) is 37.1 Å². The Hall–Kier alpha value is -1.64. The van der Waals surface area contributed by atoms with Crippen LogP contribution in [0, 0.1) is 0 Å². The molecule has 0 amide bonds. The van der Waals surface area contributed by atoms with E-state index < -0.39 is 0 Å². The summed E-state index contributed by atoms with van der Waals surface area (Å²) in [5.41, 5.74) is 0.901. The van der Waals surface area contributed by atoms with Crippen LogP contribution in [0.15, 0.2) is 24.4 Å². The number of aromatic nitrogens is 1. The molecule has 3 heteroatoms. The molecule has 0 spiro atoms. The second kappa shape index (κ2) is 6.77. The molecule has 0 radical (unpaired) electrons. The van der Waals surface area contributed by atoms with Crippen molar-refractivity contribution in [1.82, 2.24) is 4.98 Å². The van der Waals surface area contributed by atoms with Crippen molar-refractivity contribution < 1.29 is 9.53 Å². The van der Waals surface area contributed by atoms with Crippen LogP contribution in [0.4, 0.5) is 0 Å². The zero-order valence-electron chi connectivity index (χ0n) is 9.77. The van der Waals surface area contributed by atoms with Crippen molar-refractivity contribution in [3.8, 4) is 5.88 Å². The number of allylic oxidation sites excluding steroid dienone is 1. The predicted octanol–water partition coefficient (Wildman–Crippen LogP) is 2.86. The maximum Gasteiger partial charge on any atom is 0.213 e. The highest BCUT2D eigenvalue weighted by Gasteiger charge is 1.94. The van der Waals surface area contributed by atoms with E-state index in [-0.39, 0.29) is 5.78 Å². The molecule has 1 rings (SSSR count). The topological polar surface area (TPSA) is 39.2 Å². The maximum absolute atomic E-state index is 10.7. The number of rotatable bonds is 6. The molecule has 0 aliphatic carbocycles. The van der Waals surface area contributed by atoms with Crippen LogP contribution in [0.2, 0.25) is 0 Å². The lowest BCUT2D eigenvalue weighted by atomic mass is 10.2. The van der Waals surface area contributed by atoms with Crippen LogP contribution in [0.3, 0.4) is 0 Å². The van der Waals surface area contributed by atoms with Crippen LogP contribution in [0.1, 0.15) is 32.3 Å². The molecule has 3 nitrogen and oxygen atoms in total. The fraction of sp³-hybridized carbons (Fsp3) is 0.385. The molecule has 0 aromatic carbocycles. The van der Waals surface area contributed by atoms with Crippen LogP contribution in [0.25, 0.3) is 6.08 Å². The Morgan fingerprint density at radius 3 is 2.88 bits per heavy atom. The Kier molecular flexibility index (Phi) is 5.26. The Balaban J connectivity index is 2.51. The molecule has 0 saturated heterocycles.